The third kappa shape index (κ3) is 2.53. The van der Waals surface area contributed by atoms with Gasteiger partial charge < -0.3 is 16.2 Å². The Kier molecular flexibility index (Phi) is 2.56. The molecule has 0 heterocycles. The van der Waals surface area contributed by atoms with Crippen molar-refractivity contribution in [2.75, 3.05) is 11.5 Å². The van der Waals surface area contributed by atoms with Crippen LogP contribution >= 0.6 is 0 Å². The Morgan fingerprint density at radius 1 is 1.23 bits per heavy atom. The highest BCUT2D eigenvalue weighted by Gasteiger charge is 2.02. The summed E-state index contributed by atoms with van der Waals surface area (Å²) in [4.78, 5) is 10.7. The van der Waals surface area contributed by atoms with E-state index in [1.807, 2.05) is 5.43 Å². The van der Waals surface area contributed by atoms with Gasteiger partial charge in [0.05, 0.1) is 0 Å². The summed E-state index contributed by atoms with van der Waals surface area (Å²) in [6.07, 6.45) is -0.773. The largest absolute Gasteiger partial charge is 0.426 e. The fourth-order valence-electron chi connectivity index (χ4n) is 0.841. The van der Waals surface area contributed by atoms with Crippen molar-refractivity contribution in [3.8, 4) is 5.75 Å². The topological polar surface area (TPSA) is 116 Å². The van der Waals surface area contributed by atoms with Gasteiger partial charge in [-0.25, -0.2) is 10.6 Å². The van der Waals surface area contributed by atoms with Crippen LogP contribution in [-0.2, 0) is 0 Å². The number of nitrogens with two attached hydrogens (primary N) is 3. The predicted octanol–water partition coefficient (Wildman–Crippen LogP) is -0.187. The van der Waals surface area contributed by atoms with E-state index in [4.69, 9.17) is 22.0 Å². The van der Waals surface area contributed by atoms with Crippen LogP contribution in [0.5, 0.6) is 5.75 Å². The molecule has 0 radical (unpaired) electrons. The van der Waals surface area contributed by atoms with Gasteiger partial charge in [-0.2, -0.15) is 0 Å². The summed E-state index contributed by atoms with van der Waals surface area (Å²) in [5, 5.41) is 0. The van der Waals surface area contributed by atoms with E-state index >= 15 is 0 Å². The molecule has 0 aliphatic rings. The number of ether oxygens (including phenoxy) is 1. The standard InChI is InChI=1S/C7H10N4O2/c8-4-1-5(9)3-6(2-4)13-7(12)11-10/h1-3H,8-10H2,(H,11,12). The molecule has 0 aliphatic heterocycles. The summed E-state index contributed by atoms with van der Waals surface area (Å²) in [5.41, 5.74) is 13.5. The number of hydrazine groups is 1. The van der Waals surface area contributed by atoms with Crippen LogP contribution < -0.4 is 27.5 Å². The Labute approximate surface area is 74.6 Å². The Morgan fingerprint density at radius 2 is 1.77 bits per heavy atom. The number of amides is 1. The predicted molar refractivity (Wildman–Crippen MR) is 48.6 cm³/mol. The quantitative estimate of drug-likeness (QED) is 0.208. The second-order valence-electron chi connectivity index (χ2n) is 2.37. The van der Waals surface area contributed by atoms with Crippen molar-refractivity contribution < 1.29 is 9.53 Å². The van der Waals surface area contributed by atoms with Crippen LogP contribution in [0.15, 0.2) is 18.2 Å². The summed E-state index contributed by atoms with van der Waals surface area (Å²) in [7, 11) is 0. The summed E-state index contributed by atoms with van der Waals surface area (Å²) in [6.45, 7) is 0. The van der Waals surface area contributed by atoms with Crippen molar-refractivity contribution >= 4 is 17.5 Å². The van der Waals surface area contributed by atoms with E-state index in [1.54, 1.807) is 6.07 Å². The van der Waals surface area contributed by atoms with Gasteiger partial charge in [0.2, 0.25) is 0 Å². The van der Waals surface area contributed by atoms with E-state index in [2.05, 4.69) is 0 Å². The Bertz CT molecular complexity index is 306. The SMILES string of the molecule is NNC(=O)Oc1cc(N)cc(N)c1. The normalized spacial score (nSPS) is 9.31. The molecule has 13 heavy (non-hydrogen) atoms. The summed E-state index contributed by atoms with van der Waals surface area (Å²) in [5.74, 6) is 5.06. The van der Waals surface area contributed by atoms with E-state index < -0.39 is 6.09 Å². The number of hydrogen-bond acceptors (Lipinski definition) is 5. The van der Waals surface area contributed by atoms with Gasteiger partial charge in [0.25, 0.3) is 0 Å². The van der Waals surface area contributed by atoms with Crippen molar-refractivity contribution in [2.45, 2.75) is 0 Å². The molecule has 0 bridgehead atoms. The molecule has 1 amide bonds. The fourth-order valence-corrected chi connectivity index (χ4v) is 0.841. The van der Waals surface area contributed by atoms with Crippen LogP contribution in [0.4, 0.5) is 16.2 Å². The zero-order valence-electron chi connectivity index (χ0n) is 6.78. The van der Waals surface area contributed by atoms with Gasteiger partial charge in [-0.1, -0.05) is 0 Å². The summed E-state index contributed by atoms with van der Waals surface area (Å²) < 4.78 is 4.69. The minimum Gasteiger partial charge on any atom is -0.409 e. The maximum absolute atomic E-state index is 10.7. The van der Waals surface area contributed by atoms with E-state index in [0.29, 0.717) is 11.4 Å². The lowest BCUT2D eigenvalue weighted by atomic mass is 10.3. The van der Waals surface area contributed by atoms with Crippen LogP contribution in [0.25, 0.3) is 0 Å². The molecule has 0 saturated carbocycles. The van der Waals surface area contributed by atoms with Crippen LogP contribution in [0.3, 0.4) is 0 Å². The van der Waals surface area contributed by atoms with Crippen molar-refractivity contribution in [1.29, 1.82) is 0 Å². The van der Waals surface area contributed by atoms with Gasteiger partial charge in [-0.3, -0.25) is 5.43 Å². The zero-order valence-corrected chi connectivity index (χ0v) is 6.78. The average molecular weight is 182 g/mol. The third-order valence-electron chi connectivity index (χ3n) is 1.28. The first kappa shape index (κ1) is 9.14. The molecule has 0 fully saturated rings. The first-order chi connectivity index (χ1) is 6.11. The average Bonchev–Trinajstić information content (AvgIpc) is 2.02. The van der Waals surface area contributed by atoms with E-state index in [1.165, 1.54) is 12.1 Å². The fraction of sp³-hybridized carbons (Fsp3) is 0. The van der Waals surface area contributed by atoms with Crippen LogP contribution in [0.2, 0.25) is 0 Å². The van der Waals surface area contributed by atoms with E-state index in [0.717, 1.165) is 0 Å². The first-order valence-electron chi connectivity index (χ1n) is 3.46. The Morgan fingerprint density at radius 3 is 2.23 bits per heavy atom. The minimum absolute atomic E-state index is 0.250. The molecule has 6 nitrogen and oxygen atoms in total. The molecule has 0 unspecified atom stereocenters. The van der Waals surface area contributed by atoms with E-state index in [9.17, 15) is 4.79 Å². The maximum atomic E-state index is 10.7. The van der Waals surface area contributed by atoms with Gasteiger partial charge in [0.15, 0.2) is 0 Å². The summed E-state index contributed by atoms with van der Waals surface area (Å²) in [6, 6.07) is 4.48. The molecule has 0 saturated heterocycles. The van der Waals surface area contributed by atoms with Gasteiger partial charge in [-0.15, -0.1) is 0 Å². The molecule has 0 atom stereocenters. The van der Waals surface area contributed by atoms with Gasteiger partial charge >= 0.3 is 6.09 Å². The molecule has 0 aliphatic carbocycles. The number of benzene rings is 1. The second kappa shape index (κ2) is 3.63. The lowest BCUT2D eigenvalue weighted by molar-refractivity contribution is 0.201. The monoisotopic (exact) mass is 182 g/mol. The van der Waals surface area contributed by atoms with Crippen molar-refractivity contribution in [3.05, 3.63) is 18.2 Å². The van der Waals surface area contributed by atoms with Crippen molar-refractivity contribution in [2.24, 2.45) is 5.84 Å². The molecule has 6 heteroatoms. The van der Waals surface area contributed by atoms with Gasteiger partial charge in [-0.05, 0) is 6.07 Å². The first-order valence-corrected chi connectivity index (χ1v) is 3.46. The number of nitrogen functional groups attached to an aromatic ring is 2. The molecule has 0 spiro atoms. The number of carbonyl (C=O) groups is 1. The Balaban J connectivity index is 2.83. The lowest BCUT2D eigenvalue weighted by Crippen LogP contribution is -2.32. The molecule has 1 rings (SSSR count). The van der Waals surface area contributed by atoms with Crippen LogP contribution in [0, 0.1) is 0 Å². The number of anilines is 2. The maximum Gasteiger partial charge on any atom is 0.426 e. The Hall–Kier alpha value is -1.95. The molecule has 0 aromatic heterocycles. The van der Waals surface area contributed by atoms with Gasteiger partial charge in [0.1, 0.15) is 5.75 Å². The number of hydrogen-bond donors (Lipinski definition) is 4. The molecule has 1 aromatic rings. The molecule has 7 N–H and O–H groups in total. The minimum atomic E-state index is -0.773. The van der Waals surface area contributed by atoms with Crippen LogP contribution in [0.1, 0.15) is 0 Å². The van der Waals surface area contributed by atoms with Crippen LogP contribution in [-0.4, -0.2) is 6.09 Å². The van der Waals surface area contributed by atoms with Gasteiger partial charge in [0, 0.05) is 23.5 Å². The summed E-state index contributed by atoms with van der Waals surface area (Å²) >= 11 is 0. The second-order valence-corrected chi connectivity index (χ2v) is 2.37. The highest BCUT2D eigenvalue weighted by Crippen LogP contribution is 2.19. The lowest BCUT2D eigenvalue weighted by Gasteiger charge is -2.04. The molecular formula is C7H10N4O2. The smallest absolute Gasteiger partial charge is 0.409 e. The molecular weight excluding hydrogens is 172 g/mol. The molecule has 70 valence electrons. The molecule has 1 aromatic carbocycles. The number of nitrogens with one attached hydrogen (secondary N) is 1. The third-order valence-corrected chi connectivity index (χ3v) is 1.28. The highest BCUT2D eigenvalue weighted by molar-refractivity contribution is 5.71. The zero-order chi connectivity index (χ0) is 9.84. The number of rotatable bonds is 1. The van der Waals surface area contributed by atoms with E-state index in [-0.39, 0.29) is 5.75 Å². The number of carbonyl (C=O) groups excluding carboxylic acids is 1. The van der Waals surface area contributed by atoms with Crippen molar-refractivity contribution in [1.82, 2.24) is 5.43 Å². The van der Waals surface area contributed by atoms with Crippen molar-refractivity contribution in [3.63, 3.8) is 0 Å². The highest BCUT2D eigenvalue weighted by atomic mass is 16.6.